The molecular formula is C13H14N4O2S. The molecule has 0 amide bonds. The van der Waals surface area contributed by atoms with Crippen molar-refractivity contribution in [3.8, 4) is 0 Å². The van der Waals surface area contributed by atoms with Crippen LogP contribution in [0, 0.1) is 10.1 Å². The number of hydrogen-bond acceptors (Lipinski definition) is 6. The van der Waals surface area contributed by atoms with Crippen molar-refractivity contribution in [1.29, 1.82) is 0 Å². The quantitative estimate of drug-likeness (QED) is 0.676. The zero-order valence-electron chi connectivity index (χ0n) is 10.7. The van der Waals surface area contributed by atoms with Crippen LogP contribution < -0.4 is 10.6 Å². The van der Waals surface area contributed by atoms with Gasteiger partial charge in [-0.3, -0.25) is 10.1 Å². The summed E-state index contributed by atoms with van der Waals surface area (Å²) in [6, 6.07) is 5.65. The summed E-state index contributed by atoms with van der Waals surface area (Å²) in [5.41, 5.74) is 6.76. The topological polar surface area (TPSA) is 85.3 Å². The van der Waals surface area contributed by atoms with Gasteiger partial charge in [-0.2, -0.15) is 11.3 Å². The molecule has 1 fully saturated rings. The third-order valence-electron chi connectivity index (χ3n) is 3.30. The molecule has 1 aliphatic carbocycles. The van der Waals surface area contributed by atoms with Gasteiger partial charge in [0.2, 0.25) is 5.82 Å². The lowest BCUT2D eigenvalue weighted by Crippen LogP contribution is -2.26. The van der Waals surface area contributed by atoms with E-state index in [1.54, 1.807) is 17.4 Å². The molecule has 2 aromatic rings. The van der Waals surface area contributed by atoms with Crippen LogP contribution in [0.5, 0.6) is 0 Å². The third kappa shape index (κ3) is 2.57. The van der Waals surface area contributed by atoms with Crippen LogP contribution in [0.1, 0.15) is 18.4 Å². The van der Waals surface area contributed by atoms with Gasteiger partial charge in [0.25, 0.3) is 0 Å². The van der Waals surface area contributed by atoms with E-state index in [-0.39, 0.29) is 11.5 Å². The van der Waals surface area contributed by atoms with Gasteiger partial charge in [0.1, 0.15) is 5.82 Å². The number of rotatable bonds is 5. The standard InChI is InChI=1S/C13H14N4O2S/c14-13-11(17(18)19)3-4-12(15-13)16(10-1-2-10)7-9-5-6-20-8-9/h3-6,8,10H,1-2,7H2,(H2,14,15). The summed E-state index contributed by atoms with van der Waals surface area (Å²) in [6.45, 7) is 0.762. The minimum absolute atomic E-state index is 0.0246. The number of nitrogens with zero attached hydrogens (tertiary/aromatic N) is 3. The smallest absolute Gasteiger partial charge is 0.311 e. The van der Waals surface area contributed by atoms with E-state index in [4.69, 9.17) is 5.73 Å². The fraction of sp³-hybridized carbons (Fsp3) is 0.308. The van der Waals surface area contributed by atoms with Crippen LogP contribution >= 0.6 is 11.3 Å². The van der Waals surface area contributed by atoms with E-state index >= 15 is 0 Å². The summed E-state index contributed by atoms with van der Waals surface area (Å²) >= 11 is 1.66. The molecule has 1 saturated carbocycles. The summed E-state index contributed by atoms with van der Waals surface area (Å²) in [5.74, 6) is 0.685. The Hall–Kier alpha value is -2.15. The van der Waals surface area contributed by atoms with Crippen LogP contribution in [0.4, 0.5) is 17.3 Å². The highest BCUT2D eigenvalue weighted by atomic mass is 32.1. The third-order valence-corrected chi connectivity index (χ3v) is 4.03. The van der Waals surface area contributed by atoms with Gasteiger partial charge in [0.05, 0.1) is 4.92 Å². The van der Waals surface area contributed by atoms with Crippen molar-refractivity contribution < 1.29 is 4.92 Å². The first-order valence-corrected chi connectivity index (χ1v) is 7.28. The molecule has 1 aliphatic rings. The fourth-order valence-corrected chi connectivity index (χ4v) is 2.79. The highest BCUT2D eigenvalue weighted by Gasteiger charge is 2.31. The van der Waals surface area contributed by atoms with Crippen LogP contribution in [-0.4, -0.2) is 15.9 Å². The molecular weight excluding hydrogens is 276 g/mol. The molecule has 7 heteroatoms. The highest BCUT2D eigenvalue weighted by molar-refractivity contribution is 7.07. The Morgan fingerprint density at radius 2 is 2.25 bits per heavy atom. The van der Waals surface area contributed by atoms with E-state index in [0.29, 0.717) is 11.9 Å². The lowest BCUT2D eigenvalue weighted by atomic mass is 10.3. The molecule has 104 valence electrons. The molecule has 6 nitrogen and oxygen atoms in total. The molecule has 0 bridgehead atoms. The van der Waals surface area contributed by atoms with Gasteiger partial charge >= 0.3 is 5.69 Å². The molecule has 0 radical (unpaired) electrons. The predicted molar refractivity (Wildman–Crippen MR) is 78.8 cm³/mol. The number of anilines is 2. The van der Waals surface area contributed by atoms with Gasteiger partial charge in [-0.05, 0) is 41.3 Å². The molecule has 0 spiro atoms. The van der Waals surface area contributed by atoms with E-state index in [1.807, 2.05) is 5.38 Å². The van der Waals surface area contributed by atoms with E-state index in [2.05, 4.69) is 21.3 Å². The minimum atomic E-state index is -0.507. The number of nitrogens with two attached hydrogens (primary N) is 1. The Labute approximate surface area is 120 Å². The van der Waals surface area contributed by atoms with Crippen molar-refractivity contribution in [3.63, 3.8) is 0 Å². The van der Waals surface area contributed by atoms with Crippen molar-refractivity contribution in [2.75, 3.05) is 10.6 Å². The highest BCUT2D eigenvalue weighted by Crippen LogP contribution is 2.34. The second kappa shape index (κ2) is 5.09. The monoisotopic (exact) mass is 290 g/mol. The van der Waals surface area contributed by atoms with Gasteiger partial charge < -0.3 is 10.6 Å². The number of nitro groups is 1. The molecule has 0 atom stereocenters. The average Bonchev–Trinajstić information content (AvgIpc) is 3.12. The van der Waals surface area contributed by atoms with Crippen molar-refractivity contribution in [1.82, 2.24) is 4.98 Å². The van der Waals surface area contributed by atoms with E-state index < -0.39 is 4.92 Å². The first kappa shape index (κ1) is 12.9. The molecule has 3 rings (SSSR count). The summed E-state index contributed by atoms with van der Waals surface area (Å²) in [7, 11) is 0. The molecule has 2 N–H and O–H groups in total. The Morgan fingerprint density at radius 1 is 1.45 bits per heavy atom. The number of pyridine rings is 1. The van der Waals surface area contributed by atoms with E-state index in [1.165, 1.54) is 11.6 Å². The van der Waals surface area contributed by atoms with Gasteiger partial charge in [0.15, 0.2) is 0 Å². The Bertz CT molecular complexity index is 625. The largest absolute Gasteiger partial charge is 0.378 e. The number of thiophene rings is 1. The zero-order chi connectivity index (χ0) is 14.1. The molecule has 0 saturated heterocycles. The summed E-state index contributed by atoms with van der Waals surface area (Å²) in [4.78, 5) is 16.6. The van der Waals surface area contributed by atoms with Crippen LogP contribution in [0.2, 0.25) is 0 Å². The van der Waals surface area contributed by atoms with Gasteiger partial charge in [-0.15, -0.1) is 0 Å². The van der Waals surface area contributed by atoms with Crippen molar-refractivity contribution in [2.24, 2.45) is 0 Å². The Kier molecular flexibility index (Phi) is 3.27. The van der Waals surface area contributed by atoms with Gasteiger partial charge in [-0.25, -0.2) is 4.98 Å². The lowest BCUT2D eigenvalue weighted by molar-refractivity contribution is -0.384. The molecule has 0 aromatic carbocycles. The first-order chi connectivity index (χ1) is 9.65. The molecule has 20 heavy (non-hydrogen) atoms. The molecule has 0 unspecified atom stereocenters. The minimum Gasteiger partial charge on any atom is -0.378 e. The fourth-order valence-electron chi connectivity index (χ4n) is 2.13. The van der Waals surface area contributed by atoms with Crippen LogP contribution in [0.3, 0.4) is 0 Å². The van der Waals surface area contributed by atoms with Crippen LogP contribution in [-0.2, 0) is 6.54 Å². The van der Waals surface area contributed by atoms with E-state index in [9.17, 15) is 10.1 Å². The summed E-state index contributed by atoms with van der Waals surface area (Å²) in [5, 5.41) is 14.9. The number of aromatic nitrogens is 1. The van der Waals surface area contributed by atoms with Crippen molar-refractivity contribution in [3.05, 3.63) is 44.6 Å². The second-order valence-corrected chi connectivity index (χ2v) is 5.60. The molecule has 2 heterocycles. The summed E-state index contributed by atoms with van der Waals surface area (Å²) < 4.78 is 0. The lowest BCUT2D eigenvalue weighted by Gasteiger charge is -2.23. The maximum Gasteiger partial charge on any atom is 0.311 e. The van der Waals surface area contributed by atoms with E-state index in [0.717, 1.165) is 19.4 Å². The van der Waals surface area contributed by atoms with Gasteiger partial charge in [-0.1, -0.05) is 0 Å². The van der Waals surface area contributed by atoms with Crippen molar-refractivity contribution in [2.45, 2.75) is 25.4 Å². The maximum atomic E-state index is 10.8. The first-order valence-electron chi connectivity index (χ1n) is 6.34. The SMILES string of the molecule is Nc1nc(N(Cc2ccsc2)C2CC2)ccc1[N+](=O)[O-]. The normalized spacial score (nSPS) is 14.2. The van der Waals surface area contributed by atoms with Crippen molar-refractivity contribution >= 4 is 28.7 Å². The second-order valence-electron chi connectivity index (χ2n) is 4.82. The maximum absolute atomic E-state index is 10.8. The number of nitrogen functional groups attached to an aromatic ring is 1. The summed E-state index contributed by atoms with van der Waals surface area (Å²) in [6.07, 6.45) is 2.26. The molecule has 0 aliphatic heterocycles. The predicted octanol–water partition coefficient (Wildman–Crippen LogP) is 2.80. The zero-order valence-corrected chi connectivity index (χ0v) is 11.5. The Balaban J connectivity index is 1.88. The van der Waals surface area contributed by atoms with Crippen LogP contribution in [0.15, 0.2) is 29.0 Å². The molecule has 2 aromatic heterocycles. The van der Waals surface area contributed by atoms with Crippen LogP contribution in [0.25, 0.3) is 0 Å². The number of hydrogen-bond donors (Lipinski definition) is 1. The Morgan fingerprint density at radius 3 is 2.80 bits per heavy atom. The average molecular weight is 290 g/mol. The van der Waals surface area contributed by atoms with Gasteiger partial charge in [0, 0.05) is 18.7 Å².